The second-order valence-electron chi connectivity index (χ2n) is 11.0. The molecule has 1 aromatic carbocycles. The molecule has 3 N–H and O–H groups in total. The highest BCUT2D eigenvalue weighted by atomic mass is 35.5. The van der Waals surface area contributed by atoms with Gasteiger partial charge in [0.05, 0.1) is 28.5 Å². The molecule has 0 spiro atoms. The number of aromatic nitrogens is 2. The summed E-state index contributed by atoms with van der Waals surface area (Å²) in [6.07, 6.45) is 11.6. The van der Waals surface area contributed by atoms with Gasteiger partial charge in [-0.1, -0.05) is 42.0 Å². The topological polar surface area (TPSA) is 117 Å². The minimum Gasteiger partial charge on any atom is -0.396 e. The Morgan fingerprint density at radius 2 is 2.08 bits per heavy atom. The van der Waals surface area contributed by atoms with Crippen molar-refractivity contribution >= 4 is 29.4 Å². The first-order valence-electron chi connectivity index (χ1n) is 13.9. The van der Waals surface area contributed by atoms with Crippen molar-refractivity contribution in [3.05, 3.63) is 64.3 Å². The number of nitrogens with zero attached hydrogens (tertiary/aromatic N) is 3. The van der Waals surface area contributed by atoms with Crippen molar-refractivity contribution in [1.82, 2.24) is 20.2 Å². The number of aliphatic hydroxyl groups is 1. The third-order valence-corrected chi connectivity index (χ3v) is 8.11. The zero-order valence-corrected chi connectivity index (χ0v) is 23.7. The highest BCUT2D eigenvalue weighted by Crippen LogP contribution is 2.39. The van der Waals surface area contributed by atoms with Gasteiger partial charge in [-0.2, -0.15) is 0 Å². The van der Waals surface area contributed by atoms with Crippen LogP contribution in [0.5, 0.6) is 0 Å². The van der Waals surface area contributed by atoms with Crippen LogP contribution in [0.2, 0.25) is 5.02 Å². The molecule has 3 heterocycles. The van der Waals surface area contributed by atoms with Crippen LogP contribution in [0.3, 0.4) is 0 Å². The van der Waals surface area contributed by atoms with Gasteiger partial charge in [-0.15, -0.1) is 0 Å². The summed E-state index contributed by atoms with van der Waals surface area (Å²) < 4.78 is 5.43. The number of rotatable bonds is 9. The lowest BCUT2D eigenvalue weighted by molar-refractivity contribution is -0.123. The van der Waals surface area contributed by atoms with Crippen molar-refractivity contribution in [3.63, 3.8) is 0 Å². The Morgan fingerprint density at radius 1 is 1.27 bits per heavy atom. The van der Waals surface area contributed by atoms with Crippen LogP contribution >= 0.6 is 11.6 Å². The molecule has 0 radical (unpaired) electrons. The number of allylic oxidation sites excluding steroid dienone is 3. The summed E-state index contributed by atoms with van der Waals surface area (Å²) in [5.41, 5.74) is 3.08. The third kappa shape index (κ3) is 6.06. The Balaban J connectivity index is 1.36. The van der Waals surface area contributed by atoms with E-state index in [4.69, 9.17) is 16.3 Å². The molecule has 2 amide bonds. The molecule has 2 aromatic rings. The van der Waals surface area contributed by atoms with Gasteiger partial charge in [-0.3, -0.25) is 9.59 Å². The molecule has 0 saturated carbocycles. The first kappa shape index (κ1) is 28.3. The lowest BCUT2D eigenvalue weighted by atomic mass is 9.88. The molecule has 1 fully saturated rings. The second-order valence-corrected chi connectivity index (χ2v) is 11.4. The van der Waals surface area contributed by atoms with Gasteiger partial charge in [0.15, 0.2) is 0 Å². The molecule has 0 bridgehead atoms. The summed E-state index contributed by atoms with van der Waals surface area (Å²) in [4.78, 5) is 37.4. The smallest absolute Gasteiger partial charge is 0.255 e. The lowest BCUT2D eigenvalue weighted by Crippen LogP contribution is -2.49. The summed E-state index contributed by atoms with van der Waals surface area (Å²) in [7, 11) is 0. The van der Waals surface area contributed by atoms with Gasteiger partial charge >= 0.3 is 0 Å². The molecule has 1 saturated heterocycles. The van der Waals surface area contributed by atoms with Crippen LogP contribution in [0.4, 0.5) is 5.95 Å². The standard InChI is InChI=1S/C30H36ClN5O4/c1-30(2,20-6-4-3-5-7-20)35-26(38)18-36-25(10-13-37)22-9-8-19(16-23(22)28(36)39)27-24(31)17-32-29(34-27)33-21-11-14-40-15-12-21/h3-4,6,8-9,16-17,21,25,37H,5,7,10-15,18H2,1-2H3,(H,35,38)(H,32,33,34). The molecule has 3 aliphatic rings. The molecule has 10 heteroatoms. The van der Waals surface area contributed by atoms with Crippen LogP contribution in [0.25, 0.3) is 11.3 Å². The quantitative estimate of drug-likeness (QED) is 0.411. The SMILES string of the molecule is CC(C)(NC(=O)CN1C(=O)c2cc(-c3nc(NC4CCOCC4)ncc3Cl)ccc2C1CCO)C1=CC=CCC1. The summed E-state index contributed by atoms with van der Waals surface area (Å²) >= 11 is 6.50. The third-order valence-electron chi connectivity index (χ3n) is 7.84. The highest BCUT2D eigenvalue weighted by molar-refractivity contribution is 6.33. The molecule has 40 heavy (non-hydrogen) atoms. The number of hydrogen-bond donors (Lipinski definition) is 3. The van der Waals surface area contributed by atoms with Crippen LogP contribution < -0.4 is 10.6 Å². The van der Waals surface area contributed by atoms with E-state index in [9.17, 15) is 14.7 Å². The van der Waals surface area contributed by atoms with Gasteiger partial charge < -0.3 is 25.4 Å². The van der Waals surface area contributed by atoms with Crippen LogP contribution in [0, 0.1) is 0 Å². The van der Waals surface area contributed by atoms with E-state index in [0.717, 1.165) is 36.8 Å². The van der Waals surface area contributed by atoms with E-state index in [-0.39, 0.29) is 31.0 Å². The number of aliphatic hydroxyl groups excluding tert-OH is 1. The first-order valence-corrected chi connectivity index (χ1v) is 14.2. The molecule has 212 valence electrons. The number of nitrogens with one attached hydrogen (secondary N) is 2. The fourth-order valence-electron chi connectivity index (χ4n) is 5.67. The zero-order chi connectivity index (χ0) is 28.3. The molecule has 1 aromatic heterocycles. The van der Waals surface area contributed by atoms with Crippen LogP contribution in [-0.2, 0) is 9.53 Å². The maximum absolute atomic E-state index is 13.6. The van der Waals surface area contributed by atoms with E-state index < -0.39 is 11.6 Å². The van der Waals surface area contributed by atoms with Crippen molar-refractivity contribution in [1.29, 1.82) is 0 Å². The second kappa shape index (κ2) is 12.1. The predicted octanol–water partition coefficient (Wildman–Crippen LogP) is 4.44. The number of carbonyl (C=O) groups excluding carboxylic acids is 2. The Hall–Kier alpha value is -3.27. The van der Waals surface area contributed by atoms with Crippen molar-refractivity contribution in [2.75, 3.05) is 31.7 Å². The number of anilines is 1. The number of ether oxygens (including phenoxy) is 1. The van der Waals surface area contributed by atoms with Gasteiger partial charge in [0, 0.05) is 37.0 Å². The molecule has 1 atom stereocenters. The number of carbonyl (C=O) groups is 2. The number of hydrogen-bond acceptors (Lipinski definition) is 7. The average molecular weight is 566 g/mol. The molecule has 9 nitrogen and oxygen atoms in total. The highest BCUT2D eigenvalue weighted by Gasteiger charge is 2.38. The van der Waals surface area contributed by atoms with E-state index in [1.165, 1.54) is 0 Å². The molecule has 5 rings (SSSR count). The molecule has 2 aliphatic heterocycles. The van der Waals surface area contributed by atoms with E-state index >= 15 is 0 Å². The van der Waals surface area contributed by atoms with Crippen molar-refractivity contribution in [3.8, 4) is 11.3 Å². The molecule has 1 unspecified atom stereocenters. The number of fused-ring (bicyclic) bond motifs is 1. The summed E-state index contributed by atoms with van der Waals surface area (Å²) in [6, 6.07) is 5.33. The Bertz CT molecular complexity index is 1340. The Morgan fingerprint density at radius 3 is 2.80 bits per heavy atom. The molecular weight excluding hydrogens is 530 g/mol. The summed E-state index contributed by atoms with van der Waals surface area (Å²) in [6.45, 7) is 5.13. The molecule has 1 aliphatic carbocycles. The van der Waals surface area contributed by atoms with Gasteiger partial charge in [0.1, 0.15) is 6.54 Å². The summed E-state index contributed by atoms with van der Waals surface area (Å²) in [5, 5.41) is 16.6. The first-order chi connectivity index (χ1) is 19.3. The number of benzene rings is 1. The van der Waals surface area contributed by atoms with Crippen molar-refractivity contribution < 1.29 is 19.4 Å². The van der Waals surface area contributed by atoms with Crippen molar-refractivity contribution in [2.24, 2.45) is 0 Å². The maximum atomic E-state index is 13.6. The monoisotopic (exact) mass is 565 g/mol. The molecular formula is C30H36ClN5O4. The number of amides is 2. The fraction of sp³-hybridized carbons (Fsp3) is 0.467. The normalized spacial score (nSPS) is 19.4. The van der Waals surface area contributed by atoms with Crippen LogP contribution in [0.1, 0.15) is 67.9 Å². The van der Waals surface area contributed by atoms with Crippen molar-refractivity contribution in [2.45, 2.75) is 63.6 Å². The predicted molar refractivity (Wildman–Crippen MR) is 154 cm³/mol. The van der Waals surface area contributed by atoms with E-state index in [1.54, 1.807) is 17.2 Å². The maximum Gasteiger partial charge on any atom is 0.255 e. The lowest BCUT2D eigenvalue weighted by Gasteiger charge is -2.32. The van der Waals surface area contributed by atoms with Gasteiger partial charge in [0.2, 0.25) is 11.9 Å². The minimum atomic E-state index is -0.530. The van der Waals surface area contributed by atoms with Gasteiger partial charge in [-0.05, 0) is 63.2 Å². The fourth-order valence-corrected chi connectivity index (χ4v) is 5.87. The largest absolute Gasteiger partial charge is 0.396 e. The van der Waals surface area contributed by atoms with Gasteiger partial charge in [-0.25, -0.2) is 9.97 Å². The van der Waals surface area contributed by atoms with Gasteiger partial charge in [0.25, 0.3) is 5.91 Å². The Kier molecular flexibility index (Phi) is 8.54. The van der Waals surface area contributed by atoms with Crippen LogP contribution in [-0.4, -0.2) is 69.7 Å². The van der Waals surface area contributed by atoms with E-state index in [0.29, 0.717) is 47.4 Å². The van der Waals surface area contributed by atoms with E-state index in [1.807, 2.05) is 38.1 Å². The van der Waals surface area contributed by atoms with E-state index in [2.05, 4.69) is 26.7 Å². The number of halogens is 1. The zero-order valence-electron chi connectivity index (χ0n) is 23.0. The van der Waals surface area contributed by atoms with Crippen LogP contribution in [0.15, 0.2) is 48.2 Å². The average Bonchev–Trinajstić information content (AvgIpc) is 3.20. The summed E-state index contributed by atoms with van der Waals surface area (Å²) in [5.74, 6) is -0.0259. The minimum absolute atomic E-state index is 0.104. The Labute approximate surface area is 239 Å².